The van der Waals surface area contributed by atoms with Gasteiger partial charge in [-0.15, -0.1) is 0 Å². The first-order valence-electron chi connectivity index (χ1n) is 4.80. The van der Waals surface area contributed by atoms with E-state index in [2.05, 4.69) is 10.6 Å². The van der Waals surface area contributed by atoms with Gasteiger partial charge >= 0.3 is 0 Å². The Kier molecular flexibility index (Phi) is 4.32. The molecule has 1 aromatic carbocycles. The molecule has 1 aromatic rings. The number of rotatable bonds is 5. The van der Waals surface area contributed by atoms with Crippen LogP contribution in [0.1, 0.15) is 10.4 Å². The Balaban J connectivity index is 2.98. The Morgan fingerprint density at radius 1 is 1.50 bits per heavy atom. The number of anilines is 1. The van der Waals surface area contributed by atoms with Crippen LogP contribution in [0.5, 0.6) is 5.75 Å². The van der Waals surface area contributed by atoms with Crippen molar-refractivity contribution in [3.05, 3.63) is 23.8 Å². The molecule has 0 unspecified atom stereocenters. The van der Waals surface area contributed by atoms with Gasteiger partial charge in [0.05, 0.1) is 19.2 Å². The summed E-state index contributed by atoms with van der Waals surface area (Å²) in [6.07, 6.45) is 0.631. The van der Waals surface area contributed by atoms with Gasteiger partial charge in [-0.1, -0.05) is 0 Å². The highest BCUT2D eigenvalue weighted by molar-refractivity contribution is 5.98. The predicted octanol–water partition coefficient (Wildman–Crippen LogP) is 0.666. The summed E-state index contributed by atoms with van der Waals surface area (Å²) in [4.78, 5) is 21.8. The normalized spacial score (nSPS) is 9.38. The number of amides is 1. The van der Waals surface area contributed by atoms with Crippen LogP contribution in [0.2, 0.25) is 0 Å². The third-order valence-corrected chi connectivity index (χ3v) is 2.08. The van der Waals surface area contributed by atoms with Gasteiger partial charge in [0.2, 0.25) is 0 Å². The second-order valence-corrected chi connectivity index (χ2v) is 3.04. The molecule has 0 saturated carbocycles. The van der Waals surface area contributed by atoms with E-state index in [0.29, 0.717) is 17.6 Å². The minimum atomic E-state index is -0.332. The van der Waals surface area contributed by atoms with Gasteiger partial charge in [-0.3, -0.25) is 4.79 Å². The molecular weight excluding hydrogens is 208 g/mol. The first kappa shape index (κ1) is 12.0. The van der Waals surface area contributed by atoms with Crippen LogP contribution in [0, 0.1) is 0 Å². The van der Waals surface area contributed by atoms with Crippen LogP contribution < -0.4 is 15.4 Å². The van der Waals surface area contributed by atoms with E-state index in [9.17, 15) is 9.59 Å². The standard InChI is InChI=1S/C11H14N2O3/c1-12-8-3-4-10(16-2)9(7-8)11(15)13-5-6-14/h3-4,6-7,12H,5H2,1-2H3,(H,13,15). The monoisotopic (exact) mass is 222 g/mol. The Morgan fingerprint density at radius 2 is 2.25 bits per heavy atom. The van der Waals surface area contributed by atoms with Gasteiger partial charge in [0.25, 0.3) is 5.91 Å². The summed E-state index contributed by atoms with van der Waals surface area (Å²) in [6.45, 7) is -0.00817. The van der Waals surface area contributed by atoms with Crippen molar-refractivity contribution >= 4 is 17.9 Å². The molecule has 0 aliphatic heterocycles. The third-order valence-electron chi connectivity index (χ3n) is 2.08. The number of hydrogen-bond acceptors (Lipinski definition) is 4. The molecule has 0 atom stereocenters. The number of ether oxygens (including phenoxy) is 1. The maximum Gasteiger partial charge on any atom is 0.255 e. The molecule has 2 N–H and O–H groups in total. The van der Waals surface area contributed by atoms with Crippen molar-refractivity contribution in [1.29, 1.82) is 0 Å². The highest BCUT2D eigenvalue weighted by atomic mass is 16.5. The predicted molar refractivity (Wildman–Crippen MR) is 60.9 cm³/mol. The van der Waals surface area contributed by atoms with Gasteiger partial charge < -0.3 is 20.2 Å². The van der Waals surface area contributed by atoms with Crippen molar-refractivity contribution in [1.82, 2.24) is 5.32 Å². The molecule has 16 heavy (non-hydrogen) atoms. The van der Waals surface area contributed by atoms with Gasteiger partial charge in [0.1, 0.15) is 12.0 Å². The fourth-order valence-electron chi connectivity index (χ4n) is 1.27. The van der Waals surface area contributed by atoms with Gasteiger partial charge in [0, 0.05) is 12.7 Å². The number of hydrogen-bond donors (Lipinski definition) is 2. The lowest BCUT2D eigenvalue weighted by atomic mass is 10.1. The van der Waals surface area contributed by atoms with Crippen molar-refractivity contribution in [2.45, 2.75) is 0 Å². The SMILES string of the molecule is CNc1ccc(OC)c(C(=O)NCC=O)c1. The summed E-state index contributed by atoms with van der Waals surface area (Å²) in [5, 5.41) is 5.38. The van der Waals surface area contributed by atoms with E-state index < -0.39 is 0 Å². The maximum atomic E-state index is 11.7. The number of aldehydes is 1. The Labute approximate surface area is 93.8 Å². The molecular formula is C11H14N2O3. The molecule has 0 heterocycles. The molecule has 0 bridgehead atoms. The minimum absolute atomic E-state index is 0.00817. The Hall–Kier alpha value is -2.04. The van der Waals surface area contributed by atoms with Gasteiger partial charge in [0.15, 0.2) is 0 Å². The maximum absolute atomic E-state index is 11.7. The zero-order chi connectivity index (χ0) is 12.0. The summed E-state index contributed by atoms with van der Waals surface area (Å²) in [7, 11) is 3.25. The molecule has 0 spiro atoms. The van der Waals surface area contributed by atoms with Crippen molar-refractivity contribution in [3.63, 3.8) is 0 Å². The van der Waals surface area contributed by atoms with Crippen molar-refractivity contribution in [2.24, 2.45) is 0 Å². The average molecular weight is 222 g/mol. The van der Waals surface area contributed by atoms with E-state index in [1.807, 2.05) is 0 Å². The topological polar surface area (TPSA) is 67.4 Å². The lowest BCUT2D eigenvalue weighted by molar-refractivity contribution is -0.107. The number of carbonyl (C=O) groups is 2. The quantitative estimate of drug-likeness (QED) is 0.718. The van der Waals surface area contributed by atoms with Crippen LogP contribution in [-0.4, -0.2) is 32.9 Å². The van der Waals surface area contributed by atoms with E-state index in [1.54, 1.807) is 25.2 Å². The molecule has 0 saturated heterocycles. The van der Waals surface area contributed by atoms with E-state index in [1.165, 1.54) is 7.11 Å². The second-order valence-electron chi connectivity index (χ2n) is 3.04. The van der Waals surface area contributed by atoms with Crippen LogP contribution >= 0.6 is 0 Å². The van der Waals surface area contributed by atoms with Crippen molar-refractivity contribution < 1.29 is 14.3 Å². The van der Waals surface area contributed by atoms with Gasteiger partial charge in [-0.2, -0.15) is 0 Å². The zero-order valence-electron chi connectivity index (χ0n) is 9.24. The minimum Gasteiger partial charge on any atom is -0.496 e. The Morgan fingerprint density at radius 3 is 2.81 bits per heavy atom. The van der Waals surface area contributed by atoms with E-state index in [-0.39, 0.29) is 12.5 Å². The van der Waals surface area contributed by atoms with Gasteiger partial charge in [-0.05, 0) is 18.2 Å². The largest absolute Gasteiger partial charge is 0.496 e. The fourth-order valence-corrected chi connectivity index (χ4v) is 1.27. The van der Waals surface area contributed by atoms with Crippen molar-refractivity contribution in [3.8, 4) is 5.75 Å². The van der Waals surface area contributed by atoms with Crippen LogP contribution in [0.25, 0.3) is 0 Å². The second kappa shape index (κ2) is 5.75. The molecule has 0 aromatic heterocycles. The average Bonchev–Trinajstić information content (AvgIpc) is 2.35. The highest BCUT2D eigenvalue weighted by Gasteiger charge is 2.12. The zero-order valence-corrected chi connectivity index (χ0v) is 9.24. The first-order chi connectivity index (χ1) is 7.72. The summed E-state index contributed by atoms with van der Waals surface area (Å²) < 4.78 is 5.07. The molecule has 86 valence electrons. The van der Waals surface area contributed by atoms with Crippen molar-refractivity contribution in [2.75, 3.05) is 26.0 Å². The Bertz CT molecular complexity index is 391. The van der Waals surface area contributed by atoms with E-state index >= 15 is 0 Å². The lowest BCUT2D eigenvalue weighted by Gasteiger charge is -2.09. The number of carbonyl (C=O) groups excluding carboxylic acids is 2. The third kappa shape index (κ3) is 2.73. The number of benzene rings is 1. The van der Waals surface area contributed by atoms with Crippen LogP contribution in [0.4, 0.5) is 5.69 Å². The summed E-state index contributed by atoms with van der Waals surface area (Å²) in [5.41, 5.74) is 1.20. The fraction of sp³-hybridized carbons (Fsp3) is 0.273. The molecule has 0 aliphatic carbocycles. The molecule has 1 rings (SSSR count). The molecule has 5 nitrogen and oxygen atoms in total. The van der Waals surface area contributed by atoms with Crippen LogP contribution in [0.3, 0.4) is 0 Å². The summed E-state index contributed by atoms with van der Waals surface area (Å²) in [6, 6.07) is 5.16. The molecule has 0 aliphatic rings. The first-order valence-corrected chi connectivity index (χ1v) is 4.80. The van der Waals surface area contributed by atoms with Crippen LogP contribution in [0.15, 0.2) is 18.2 Å². The molecule has 1 amide bonds. The summed E-state index contributed by atoms with van der Waals surface area (Å²) >= 11 is 0. The van der Waals surface area contributed by atoms with E-state index in [0.717, 1.165) is 5.69 Å². The molecule has 0 radical (unpaired) electrons. The summed E-state index contributed by atoms with van der Waals surface area (Å²) in [5.74, 6) is 0.142. The van der Waals surface area contributed by atoms with Gasteiger partial charge in [-0.25, -0.2) is 0 Å². The van der Waals surface area contributed by atoms with Crippen LogP contribution in [-0.2, 0) is 4.79 Å². The highest BCUT2D eigenvalue weighted by Crippen LogP contribution is 2.22. The number of methoxy groups -OCH3 is 1. The van der Waals surface area contributed by atoms with E-state index in [4.69, 9.17) is 4.74 Å². The number of nitrogens with one attached hydrogen (secondary N) is 2. The lowest BCUT2D eigenvalue weighted by Crippen LogP contribution is -2.25. The molecule has 0 fully saturated rings. The molecule has 5 heteroatoms. The smallest absolute Gasteiger partial charge is 0.255 e.